The van der Waals surface area contributed by atoms with Crippen LogP contribution in [-0.2, 0) is 21.7 Å². The van der Waals surface area contributed by atoms with Crippen LogP contribution in [0.2, 0.25) is 0 Å². The van der Waals surface area contributed by atoms with E-state index in [4.69, 9.17) is 0 Å². The molecule has 0 N–H and O–H groups in total. The smallest absolute Gasteiger partial charge is 0.0543 e. The molecule has 1 heterocycles. The van der Waals surface area contributed by atoms with Crippen LogP contribution in [0.15, 0.2) is 182 Å². The van der Waals surface area contributed by atoms with Gasteiger partial charge in [-0.3, -0.25) is 0 Å². The highest BCUT2D eigenvalue weighted by Crippen LogP contribution is 2.50. The van der Waals surface area contributed by atoms with Crippen LogP contribution in [0.5, 0.6) is 0 Å². The summed E-state index contributed by atoms with van der Waals surface area (Å²) in [7, 11) is 0. The van der Waals surface area contributed by atoms with Crippen molar-refractivity contribution in [2.24, 2.45) is 0 Å². The van der Waals surface area contributed by atoms with E-state index < -0.39 is 0 Å². The number of para-hydroxylation sites is 1. The van der Waals surface area contributed by atoms with Gasteiger partial charge in [0.15, 0.2) is 0 Å². The topological polar surface area (TPSA) is 8.17 Å². The maximum absolute atomic E-state index is 2.54. The first-order valence-electron chi connectivity index (χ1n) is 25.3. The van der Waals surface area contributed by atoms with Crippen molar-refractivity contribution in [3.63, 3.8) is 0 Å². The van der Waals surface area contributed by atoms with E-state index in [0.29, 0.717) is 0 Å². The van der Waals surface area contributed by atoms with Gasteiger partial charge in [-0.1, -0.05) is 210 Å². The zero-order chi connectivity index (χ0) is 49.1. The summed E-state index contributed by atoms with van der Waals surface area (Å²) in [4.78, 5) is 2.54. The highest BCUT2D eigenvalue weighted by Gasteiger charge is 2.28. The lowest BCUT2D eigenvalue weighted by atomic mass is 9.81. The Hall–Kier alpha value is -7.16. The minimum absolute atomic E-state index is 0.00817. The van der Waals surface area contributed by atoms with Crippen LogP contribution in [-0.4, -0.2) is 4.57 Å². The molecular formula is C68H66N2. The van der Waals surface area contributed by atoms with Gasteiger partial charge in [0.2, 0.25) is 0 Å². The van der Waals surface area contributed by atoms with E-state index >= 15 is 0 Å². The molecule has 2 heteroatoms. The third kappa shape index (κ3) is 7.64. The Bertz CT molecular complexity index is 3710. The third-order valence-corrected chi connectivity index (χ3v) is 15.0. The first kappa shape index (κ1) is 45.3. The van der Waals surface area contributed by atoms with E-state index in [0.717, 1.165) is 17.1 Å². The summed E-state index contributed by atoms with van der Waals surface area (Å²) >= 11 is 0. The second-order valence-corrected chi connectivity index (χ2v) is 23.9. The zero-order valence-corrected chi connectivity index (χ0v) is 43.2. The Morgan fingerprint density at radius 1 is 0.329 bits per heavy atom. The largest absolute Gasteiger partial charge is 0.309 e. The molecule has 0 aliphatic rings. The molecule has 0 aliphatic carbocycles. The summed E-state index contributed by atoms with van der Waals surface area (Å²) in [6, 6.07) is 69.4. The normalized spacial score (nSPS) is 12.9. The number of fused-ring (bicyclic) bond motifs is 3. The summed E-state index contributed by atoms with van der Waals surface area (Å²) in [5.74, 6) is 0. The van der Waals surface area contributed by atoms with Crippen molar-refractivity contribution in [3.8, 4) is 27.9 Å². The highest BCUT2D eigenvalue weighted by atomic mass is 15.1. The van der Waals surface area contributed by atoms with E-state index in [2.05, 4.69) is 275 Å². The predicted molar refractivity (Wildman–Crippen MR) is 305 cm³/mol. The molecule has 2 nitrogen and oxygen atoms in total. The van der Waals surface area contributed by atoms with Gasteiger partial charge >= 0.3 is 0 Å². The molecule has 0 spiro atoms. The standard InChI is InChI=1S/C68H66N2/c1-65(2,3)46-27-33-51(55(39-46)43-19-15-13-16-20-43)52-34-28-49(68(10,11)12)42-62(52)69(50-21-17-14-18-22-50)58-35-25-44-24-32-54-59(36-26-45-23-31-53(58)63(44)64(45)54)70-60-37-29-47(66(4,5)6)40-56(60)57-41-48(67(7,8)9)30-38-61(57)70/h13-42H,1-12H3. The van der Waals surface area contributed by atoms with Crippen molar-refractivity contribution in [1.82, 2.24) is 4.57 Å². The van der Waals surface area contributed by atoms with Crippen molar-refractivity contribution in [2.75, 3.05) is 4.90 Å². The van der Waals surface area contributed by atoms with Crippen molar-refractivity contribution in [3.05, 3.63) is 204 Å². The Morgan fingerprint density at radius 3 is 1.36 bits per heavy atom. The van der Waals surface area contributed by atoms with Crippen LogP contribution >= 0.6 is 0 Å². The molecule has 0 fully saturated rings. The number of aromatic nitrogens is 1. The lowest BCUT2D eigenvalue weighted by Gasteiger charge is -2.32. The molecular weight excluding hydrogens is 845 g/mol. The number of hydrogen-bond acceptors (Lipinski definition) is 1. The van der Waals surface area contributed by atoms with Crippen LogP contribution in [0, 0.1) is 0 Å². The third-order valence-electron chi connectivity index (χ3n) is 15.0. The average molecular weight is 911 g/mol. The monoisotopic (exact) mass is 911 g/mol. The molecule has 0 radical (unpaired) electrons. The fourth-order valence-electron chi connectivity index (χ4n) is 10.9. The van der Waals surface area contributed by atoms with Gasteiger partial charge in [-0.05, 0) is 137 Å². The fraction of sp³-hybridized carbons (Fsp3) is 0.235. The van der Waals surface area contributed by atoms with E-state index in [1.165, 1.54) is 104 Å². The van der Waals surface area contributed by atoms with Gasteiger partial charge in [0.25, 0.3) is 0 Å². The van der Waals surface area contributed by atoms with Gasteiger partial charge in [-0.2, -0.15) is 0 Å². The molecule has 0 saturated heterocycles. The minimum Gasteiger partial charge on any atom is -0.309 e. The van der Waals surface area contributed by atoms with Gasteiger partial charge < -0.3 is 9.47 Å². The van der Waals surface area contributed by atoms with Gasteiger partial charge in [0.05, 0.1) is 28.1 Å². The second-order valence-electron chi connectivity index (χ2n) is 23.9. The molecule has 11 aromatic rings. The van der Waals surface area contributed by atoms with E-state index in [9.17, 15) is 0 Å². The molecule has 0 amide bonds. The van der Waals surface area contributed by atoms with Gasteiger partial charge in [0, 0.05) is 32.8 Å². The number of rotatable bonds is 6. The van der Waals surface area contributed by atoms with Crippen molar-refractivity contribution >= 4 is 71.2 Å². The molecule has 11 rings (SSSR count). The molecule has 0 atom stereocenters. The highest BCUT2D eigenvalue weighted by molar-refractivity contribution is 6.27. The molecule has 0 unspecified atom stereocenters. The summed E-state index contributed by atoms with van der Waals surface area (Å²) in [6.07, 6.45) is 0. The van der Waals surface area contributed by atoms with Gasteiger partial charge in [-0.25, -0.2) is 0 Å². The van der Waals surface area contributed by atoms with Crippen molar-refractivity contribution in [1.29, 1.82) is 0 Å². The molecule has 70 heavy (non-hydrogen) atoms. The minimum atomic E-state index is -0.0809. The Kier molecular flexibility index (Phi) is 10.5. The Balaban J connectivity index is 1.19. The number of benzene rings is 10. The van der Waals surface area contributed by atoms with Crippen LogP contribution in [0.3, 0.4) is 0 Å². The average Bonchev–Trinajstić information content (AvgIpc) is 3.66. The number of nitrogens with zero attached hydrogens (tertiary/aromatic N) is 2. The molecule has 10 aromatic carbocycles. The maximum Gasteiger partial charge on any atom is 0.0543 e. The van der Waals surface area contributed by atoms with Crippen LogP contribution < -0.4 is 4.90 Å². The van der Waals surface area contributed by atoms with Crippen LogP contribution in [0.4, 0.5) is 17.1 Å². The maximum atomic E-state index is 2.54. The zero-order valence-electron chi connectivity index (χ0n) is 43.2. The fourth-order valence-corrected chi connectivity index (χ4v) is 10.9. The summed E-state index contributed by atoms with van der Waals surface area (Å²) < 4.78 is 2.53. The molecule has 0 saturated carbocycles. The van der Waals surface area contributed by atoms with E-state index in [-0.39, 0.29) is 21.7 Å². The van der Waals surface area contributed by atoms with Crippen molar-refractivity contribution < 1.29 is 0 Å². The quantitative estimate of drug-likeness (QED) is 0.151. The Morgan fingerprint density at radius 2 is 0.786 bits per heavy atom. The first-order chi connectivity index (χ1) is 33.3. The number of hydrogen-bond donors (Lipinski definition) is 0. The SMILES string of the molecule is CC(C)(C)c1ccc(-c2ccc(C(C)(C)C)cc2N(c2ccccc2)c2ccc3ccc4c(-n5c6ccc(C(C)(C)C)cc6c6cc(C(C)(C)C)ccc65)ccc5ccc2c3c54)c(-c2ccccc2)c1. The molecule has 0 aliphatic heterocycles. The molecule has 0 bridgehead atoms. The lowest BCUT2D eigenvalue weighted by Crippen LogP contribution is -2.16. The second kappa shape index (κ2) is 16.2. The van der Waals surface area contributed by atoms with E-state index in [1.807, 2.05) is 0 Å². The lowest BCUT2D eigenvalue weighted by molar-refractivity contribution is 0.590. The van der Waals surface area contributed by atoms with Gasteiger partial charge in [0.1, 0.15) is 0 Å². The molecule has 1 aromatic heterocycles. The molecule has 348 valence electrons. The van der Waals surface area contributed by atoms with Crippen LogP contribution in [0.1, 0.15) is 105 Å². The summed E-state index contributed by atoms with van der Waals surface area (Å²) in [6.45, 7) is 27.8. The van der Waals surface area contributed by atoms with Gasteiger partial charge in [-0.15, -0.1) is 0 Å². The number of anilines is 3. The van der Waals surface area contributed by atoms with Crippen LogP contribution in [0.25, 0.3) is 82.1 Å². The predicted octanol–water partition coefficient (Wildman–Crippen LogP) is 19.7. The Labute approximate surface area is 415 Å². The summed E-state index contributed by atoms with van der Waals surface area (Å²) in [5.41, 5.74) is 17.2. The first-order valence-corrected chi connectivity index (χ1v) is 25.3. The van der Waals surface area contributed by atoms with E-state index in [1.54, 1.807) is 0 Å². The summed E-state index contributed by atoms with van der Waals surface area (Å²) in [5, 5.41) is 10.1. The van der Waals surface area contributed by atoms with Crippen molar-refractivity contribution in [2.45, 2.75) is 105 Å².